The first-order chi connectivity index (χ1) is 10.5. The van der Waals surface area contributed by atoms with E-state index in [1.165, 1.54) is 0 Å². The second-order valence-electron chi connectivity index (χ2n) is 5.54. The van der Waals surface area contributed by atoms with E-state index >= 15 is 0 Å². The maximum absolute atomic E-state index is 12.4. The van der Waals surface area contributed by atoms with Crippen molar-refractivity contribution in [1.29, 1.82) is 0 Å². The smallest absolute Gasteiger partial charge is 0.194 e. The molecular formula is C19H20O3. The normalized spacial score (nSPS) is 11.2. The highest BCUT2D eigenvalue weighted by Gasteiger charge is 2.29. The quantitative estimate of drug-likeness (QED) is 0.759. The highest BCUT2D eigenvalue weighted by Crippen LogP contribution is 2.18. The molecule has 0 amide bonds. The fraction of sp³-hybridized carbons (Fsp3) is 0.263. The number of Topliss-reactive ketones (excluding diaryl/α,β-unsaturated/α-hetero) is 1. The Morgan fingerprint density at radius 1 is 0.864 bits per heavy atom. The predicted octanol–water partition coefficient (Wildman–Crippen LogP) is 3.92. The summed E-state index contributed by atoms with van der Waals surface area (Å²) in [6.07, 6.45) is 0. The molecule has 0 heterocycles. The minimum atomic E-state index is -0.861. The van der Waals surface area contributed by atoms with Crippen LogP contribution in [-0.4, -0.2) is 23.8 Å². The summed E-state index contributed by atoms with van der Waals surface area (Å²) in [6.45, 7) is 5.84. The molecule has 2 aromatic carbocycles. The summed E-state index contributed by atoms with van der Waals surface area (Å²) in [5, 5.41) is 0. The third-order valence-electron chi connectivity index (χ3n) is 3.50. The number of carbonyl (C=O) groups excluding carboxylic acids is 2. The van der Waals surface area contributed by atoms with Crippen molar-refractivity contribution in [3.63, 3.8) is 0 Å². The Balaban J connectivity index is 2.21. The summed E-state index contributed by atoms with van der Waals surface area (Å²) in [4.78, 5) is 24.7. The van der Waals surface area contributed by atoms with Crippen LogP contribution in [0.1, 0.15) is 47.1 Å². The molecule has 0 N–H and O–H groups in total. The van der Waals surface area contributed by atoms with Gasteiger partial charge in [0, 0.05) is 23.3 Å². The van der Waals surface area contributed by atoms with Gasteiger partial charge in [0.1, 0.15) is 5.60 Å². The van der Waals surface area contributed by atoms with E-state index in [0.717, 1.165) is 0 Å². The molecule has 0 fully saturated rings. The first-order valence-electron chi connectivity index (χ1n) is 7.34. The summed E-state index contributed by atoms with van der Waals surface area (Å²) in [5.74, 6) is -0.142. The van der Waals surface area contributed by atoms with Crippen LogP contribution >= 0.6 is 0 Å². The maximum atomic E-state index is 12.4. The second-order valence-corrected chi connectivity index (χ2v) is 5.54. The number of ether oxygens (including phenoxy) is 1. The van der Waals surface area contributed by atoms with Crippen molar-refractivity contribution in [2.24, 2.45) is 0 Å². The molecule has 0 radical (unpaired) electrons. The Bertz CT molecular complexity index is 655. The van der Waals surface area contributed by atoms with Crippen LogP contribution in [0.4, 0.5) is 0 Å². The number of hydrogen-bond acceptors (Lipinski definition) is 3. The topological polar surface area (TPSA) is 43.4 Å². The van der Waals surface area contributed by atoms with Gasteiger partial charge in [0.2, 0.25) is 0 Å². The molecule has 0 aliphatic rings. The fourth-order valence-electron chi connectivity index (χ4n) is 2.30. The van der Waals surface area contributed by atoms with Gasteiger partial charge in [-0.3, -0.25) is 9.59 Å². The Morgan fingerprint density at radius 2 is 1.36 bits per heavy atom. The van der Waals surface area contributed by atoms with Gasteiger partial charge in [-0.2, -0.15) is 0 Å². The lowest BCUT2D eigenvalue weighted by Gasteiger charge is -2.23. The zero-order chi connectivity index (χ0) is 16.2. The standard InChI is InChI=1S/C19H20O3/c1-4-22-19(2,3)18(21)16-12-10-15(11-13-16)17(20)14-8-6-5-7-9-14/h5-13H,4H2,1-3H3. The van der Waals surface area contributed by atoms with Crippen molar-refractivity contribution in [2.75, 3.05) is 6.61 Å². The third-order valence-corrected chi connectivity index (χ3v) is 3.50. The largest absolute Gasteiger partial charge is 0.368 e. The Kier molecular flexibility index (Phi) is 4.88. The van der Waals surface area contributed by atoms with Gasteiger partial charge in [-0.15, -0.1) is 0 Å². The predicted molar refractivity (Wildman–Crippen MR) is 86.4 cm³/mol. The lowest BCUT2D eigenvalue weighted by molar-refractivity contribution is 0.00126. The lowest BCUT2D eigenvalue weighted by atomic mass is 9.94. The number of benzene rings is 2. The van der Waals surface area contributed by atoms with E-state index < -0.39 is 5.60 Å². The van der Waals surface area contributed by atoms with E-state index in [-0.39, 0.29) is 11.6 Å². The molecule has 0 atom stereocenters. The number of ketones is 2. The highest BCUT2D eigenvalue weighted by molar-refractivity contribution is 6.09. The summed E-state index contributed by atoms with van der Waals surface area (Å²) < 4.78 is 5.48. The fourth-order valence-corrected chi connectivity index (χ4v) is 2.30. The number of rotatable bonds is 6. The molecule has 0 aromatic heterocycles. The molecule has 0 aliphatic carbocycles. The average Bonchev–Trinajstić information content (AvgIpc) is 2.54. The molecule has 0 spiro atoms. The summed E-state index contributed by atoms with van der Waals surface area (Å²) in [6, 6.07) is 15.8. The van der Waals surface area contributed by atoms with Gasteiger partial charge in [0.05, 0.1) is 0 Å². The van der Waals surface area contributed by atoms with E-state index in [9.17, 15) is 9.59 Å². The first kappa shape index (κ1) is 16.1. The molecule has 2 rings (SSSR count). The average molecular weight is 296 g/mol. The van der Waals surface area contributed by atoms with Crippen LogP contribution < -0.4 is 0 Å². The zero-order valence-electron chi connectivity index (χ0n) is 13.1. The van der Waals surface area contributed by atoms with Gasteiger partial charge < -0.3 is 4.74 Å². The second kappa shape index (κ2) is 6.67. The Morgan fingerprint density at radius 3 is 1.91 bits per heavy atom. The van der Waals surface area contributed by atoms with Crippen molar-refractivity contribution in [1.82, 2.24) is 0 Å². The van der Waals surface area contributed by atoms with Gasteiger partial charge >= 0.3 is 0 Å². The van der Waals surface area contributed by atoms with Crippen LogP contribution in [0.15, 0.2) is 54.6 Å². The molecule has 0 unspecified atom stereocenters. The van der Waals surface area contributed by atoms with E-state index in [1.807, 2.05) is 25.1 Å². The van der Waals surface area contributed by atoms with E-state index in [4.69, 9.17) is 4.74 Å². The van der Waals surface area contributed by atoms with Gasteiger partial charge in [0.15, 0.2) is 11.6 Å². The molecule has 114 valence electrons. The van der Waals surface area contributed by atoms with E-state index in [1.54, 1.807) is 50.2 Å². The minimum absolute atomic E-state index is 0.0522. The molecule has 0 aliphatic heterocycles. The highest BCUT2D eigenvalue weighted by atomic mass is 16.5. The summed E-state index contributed by atoms with van der Waals surface area (Å²) >= 11 is 0. The molecule has 0 bridgehead atoms. The Labute approximate surface area is 130 Å². The Hall–Kier alpha value is -2.26. The van der Waals surface area contributed by atoms with Gasteiger partial charge in [-0.1, -0.05) is 54.6 Å². The molecule has 3 heteroatoms. The van der Waals surface area contributed by atoms with Gasteiger partial charge in [0.25, 0.3) is 0 Å². The van der Waals surface area contributed by atoms with Crippen LogP contribution in [0.2, 0.25) is 0 Å². The SMILES string of the molecule is CCOC(C)(C)C(=O)c1ccc(C(=O)c2ccccc2)cc1. The van der Waals surface area contributed by atoms with Gasteiger partial charge in [-0.25, -0.2) is 0 Å². The van der Waals surface area contributed by atoms with Crippen molar-refractivity contribution in [3.05, 3.63) is 71.3 Å². The van der Waals surface area contributed by atoms with Crippen molar-refractivity contribution >= 4 is 11.6 Å². The van der Waals surface area contributed by atoms with E-state index in [0.29, 0.717) is 23.3 Å². The third kappa shape index (κ3) is 3.49. The van der Waals surface area contributed by atoms with E-state index in [2.05, 4.69) is 0 Å². The molecular weight excluding hydrogens is 276 g/mol. The molecule has 22 heavy (non-hydrogen) atoms. The van der Waals surface area contributed by atoms with Crippen molar-refractivity contribution in [2.45, 2.75) is 26.4 Å². The van der Waals surface area contributed by atoms with Crippen molar-refractivity contribution < 1.29 is 14.3 Å². The van der Waals surface area contributed by atoms with Crippen LogP contribution in [0.25, 0.3) is 0 Å². The maximum Gasteiger partial charge on any atom is 0.194 e. The monoisotopic (exact) mass is 296 g/mol. The molecule has 0 saturated heterocycles. The van der Waals surface area contributed by atoms with Crippen LogP contribution in [-0.2, 0) is 4.74 Å². The molecule has 0 saturated carbocycles. The zero-order valence-corrected chi connectivity index (χ0v) is 13.1. The molecule has 3 nitrogen and oxygen atoms in total. The van der Waals surface area contributed by atoms with Crippen LogP contribution in [0.5, 0.6) is 0 Å². The van der Waals surface area contributed by atoms with Gasteiger partial charge in [-0.05, 0) is 20.8 Å². The number of hydrogen-bond donors (Lipinski definition) is 0. The number of carbonyl (C=O) groups is 2. The van der Waals surface area contributed by atoms with Crippen LogP contribution in [0.3, 0.4) is 0 Å². The lowest BCUT2D eigenvalue weighted by Crippen LogP contribution is -2.35. The minimum Gasteiger partial charge on any atom is -0.368 e. The first-order valence-corrected chi connectivity index (χ1v) is 7.34. The summed E-state index contributed by atoms with van der Waals surface area (Å²) in [5.41, 5.74) is 0.885. The summed E-state index contributed by atoms with van der Waals surface area (Å²) in [7, 11) is 0. The van der Waals surface area contributed by atoms with Crippen LogP contribution in [0, 0.1) is 0 Å². The van der Waals surface area contributed by atoms with Crippen molar-refractivity contribution in [3.8, 4) is 0 Å². The molecule has 2 aromatic rings.